The fourth-order valence-corrected chi connectivity index (χ4v) is 3.00. The Morgan fingerprint density at radius 1 is 1.15 bits per heavy atom. The highest BCUT2D eigenvalue weighted by molar-refractivity contribution is 6.04. The Hall–Kier alpha value is -2.82. The molecule has 5 nitrogen and oxygen atoms in total. The zero-order chi connectivity index (χ0) is 18.2. The van der Waals surface area contributed by atoms with Crippen LogP contribution in [0.1, 0.15) is 42.5 Å². The molecule has 1 aliphatic rings. The molecule has 0 atom stereocenters. The molecule has 5 heteroatoms. The summed E-state index contributed by atoms with van der Waals surface area (Å²) in [6.45, 7) is 0.885. The number of nitrogens with zero attached hydrogens (tertiary/aromatic N) is 1. The van der Waals surface area contributed by atoms with E-state index in [9.17, 15) is 4.79 Å². The molecule has 1 aromatic heterocycles. The number of benzene rings is 1. The van der Waals surface area contributed by atoms with Gasteiger partial charge in [0.15, 0.2) is 0 Å². The van der Waals surface area contributed by atoms with Gasteiger partial charge in [-0.05, 0) is 68.5 Å². The van der Waals surface area contributed by atoms with Crippen LogP contribution in [0.4, 0.5) is 11.5 Å². The van der Waals surface area contributed by atoms with Crippen molar-refractivity contribution in [3.63, 3.8) is 0 Å². The maximum absolute atomic E-state index is 12.2. The Kier molecular flexibility index (Phi) is 6.25. The molecule has 2 aromatic rings. The minimum Gasteiger partial charge on any atom is -0.497 e. The average molecular weight is 351 g/mol. The number of hydrogen-bond acceptors (Lipinski definition) is 4. The molecule has 0 fully saturated rings. The van der Waals surface area contributed by atoms with Crippen molar-refractivity contribution in [1.29, 1.82) is 0 Å². The molecule has 2 N–H and O–H groups in total. The SMILES string of the molecule is COc1ccc(C(=O)Nc2ccc(NCCC3=CCCCC3)nc2)cc1. The summed E-state index contributed by atoms with van der Waals surface area (Å²) in [5.74, 6) is 1.38. The zero-order valence-corrected chi connectivity index (χ0v) is 15.1. The quantitative estimate of drug-likeness (QED) is 0.713. The lowest BCUT2D eigenvalue weighted by molar-refractivity contribution is 0.102. The second kappa shape index (κ2) is 9.04. The second-order valence-electron chi connectivity index (χ2n) is 6.40. The van der Waals surface area contributed by atoms with Crippen molar-refractivity contribution in [3.8, 4) is 5.75 Å². The molecular formula is C21H25N3O2. The molecule has 1 amide bonds. The van der Waals surface area contributed by atoms with Crippen molar-refractivity contribution < 1.29 is 9.53 Å². The molecule has 0 unspecified atom stereocenters. The van der Waals surface area contributed by atoms with Gasteiger partial charge in [0.05, 0.1) is 19.0 Å². The Morgan fingerprint density at radius 3 is 2.65 bits per heavy atom. The summed E-state index contributed by atoms with van der Waals surface area (Å²) in [5.41, 5.74) is 2.80. The Bertz CT molecular complexity index is 752. The summed E-state index contributed by atoms with van der Waals surface area (Å²) < 4.78 is 5.10. The van der Waals surface area contributed by atoms with E-state index in [0.29, 0.717) is 11.3 Å². The van der Waals surface area contributed by atoms with Crippen molar-refractivity contribution in [2.75, 3.05) is 24.3 Å². The minimum atomic E-state index is -0.167. The van der Waals surface area contributed by atoms with E-state index >= 15 is 0 Å². The number of anilines is 2. The van der Waals surface area contributed by atoms with Crippen LogP contribution < -0.4 is 15.4 Å². The highest BCUT2D eigenvalue weighted by atomic mass is 16.5. The first-order valence-corrected chi connectivity index (χ1v) is 9.08. The van der Waals surface area contributed by atoms with Gasteiger partial charge in [-0.15, -0.1) is 0 Å². The third kappa shape index (κ3) is 5.09. The molecule has 1 aromatic carbocycles. The lowest BCUT2D eigenvalue weighted by Crippen LogP contribution is -2.12. The summed E-state index contributed by atoms with van der Waals surface area (Å²) in [4.78, 5) is 16.6. The molecule has 0 aliphatic heterocycles. The maximum Gasteiger partial charge on any atom is 0.255 e. The van der Waals surface area contributed by atoms with Crippen molar-refractivity contribution in [3.05, 3.63) is 59.8 Å². The third-order valence-electron chi connectivity index (χ3n) is 4.51. The number of ether oxygens (including phenoxy) is 1. The minimum absolute atomic E-state index is 0.167. The lowest BCUT2D eigenvalue weighted by atomic mass is 9.97. The van der Waals surface area contributed by atoms with Gasteiger partial charge in [-0.1, -0.05) is 11.6 Å². The topological polar surface area (TPSA) is 63.2 Å². The Morgan fingerprint density at radius 2 is 2.00 bits per heavy atom. The standard InChI is InChI=1S/C21H25N3O2/c1-26-19-10-7-17(8-11-19)21(25)24-18-9-12-20(23-15-18)22-14-13-16-5-3-2-4-6-16/h5,7-12,15H,2-4,6,13-14H2,1H3,(H,22,23)(H,24,25). The van der Waals surface area contributed by atoms with E-state index in [4.69, 9.17) is 4.74 Å². The summed E-state index contributed by atoms with van der Waals surface area (Å²) in [5, 5.41) is 6.19. The molecule has 1 heterocycles. The number of pyridine rings is 1. The zero-order valence-electron chi connectivity index (χ0n) is 15.1. The van der Waals surface area contributed by atoms with E-state index < -0.39 is 0 Å². The van der Waals surface area contributed by atoms with E-state index in [1.807, 2.05) is 12.1 Å². The van der Waals surface area contributed by atoms with Gasteiger partial charge in [0.1, 0.15) is 11.6 Å². The van der Waals surface area contributed by atoms with E-state index in [-0.39, 0.29) is 5.91 Å². The van der Waals surface area contributed by atoms with Gasteiger partial charge in [-0.25, -0.2) is 4.98 Å². The van der Waals surface area contributed by atoms with Gasteiger partial charge in [-0.2, -0.15) is 0 Å². The molecule has 3 rings (SSSR count). The van der Waals surface area contributed by atoms with Crippen molar-refractivity contribution >= 4 is 17.4 Å². The molecular weight excluding hydrogens is 326 g/mol. The first-order valence-electron chi connectivity index (χ1n) is 9.08. The Labute approximate surface area is 154 Å². The van der Waals surface area contributed by atoms with E-state index in [0.717, 1.165) is 24.5 Å². The van der Waals surface area contributed by atoms with Crippen LogP contribution in [0.15, 0.2) is 54.2 Å². The number of carbonyl (C=O) groups is 1. The molecule has 26 heavy (non-hydrogen) atoms. The predicted molar refractivity (Wildman–Crippen MR) is 105 cm³/mol. The van der Waals surface area contributed by atoms with E-state index in [1.165, 1.54) is 25.7 Å². The van der Waals surface area contributed by atoms with Crippen LogP contribution >= 0.6 is 0 Å². The number of carbonyl (C=O) groups excluding carboxylic acids is 1. The van der Waals surface area contributed by atoms with Crippen LogP contribution in [0.2, 0.25) is 0 Å². The second-order valence-corrected chi connectivity index (χ2v) is 6.40. The summed E-state index contributed by atoms with van der Waals surface area (Å²) in [6.07, 6.45) is 10.2. The normalized spacial score (nSPS) is 13.7. The highest BCUT2D eigenvalue weighted by Gasteiger charge is 2.07. The lowest BCUT2D eigenvalue weighted by Gasteiger charge is -2.13. The van der Waals surface area contributed by atoms with Gasteiger partial charge in [0, 0.05) is 12.1 Å². The number of allylic oxidation sites excluding steroid dienone is 1. The summed E-state index contributed by atoms with van der Waals surface area (Å²) >= 11 is 0. The van der Waals surface area contributed by atoms with Crippen molar-refractivity contribution in [2.24, 2.45) is 0 Å². The molecule has 0 spiro atoms. The van der Waals surface area contributed by atoms with Crippen LogP contribution in [0.5, 0.6) is 5.75 Å². The van der Waals surface area contributed by atoms with Crippen LogP contribution in [-0.2, 0) is 0 Å². The van der Waals surface area contributed by atoms with Crippen LogP contribution in [0.3, 0.4) is 0 Å². The van der Waals surface area contributed by atoms with Crippen LogP contribution in [-0.4, -0.2) is 24.5 Å². The first-order chi connectivity index (χ1) is 12.7. The number of methoxy groups -OCH3 is 1. The van der Waals surface area contributed by atoms with Crippen molar-refractivity contribution in [1.82, 2.24) is 4.98 Å². The maximum atomic E-state index is 12.2. The molecule has 0 saturated carbocycles. The number of nitrogens with one attached hydrogen (secondary N) is 2. The number of amides is 1. The van der Waals surface area contributed by atoms with Gasteiger partial charge in [0.2, 0.25) is 0 Å². The molecule has 136 valence electrons. The number of aromatic nitrogens is 1. The van der Waals surface area contributed by atoms with Crippen LogP contribution in [0.25, 0.3) is 0 Å². The fourth-order valence-electron chi connectivity index (χ4n) is 3.00. The average Bonchev–Trinajstić information content (AvgIpc) is 2.70. The molecule has 1 aliphatic carbocycles. The molecule has 0 saturated heterocycles. The largest absolute Gasteiger partial charge is 0.497 e. The van der Waals surface area contributed by atoms with Gasteiger partial charge in [0.25, 0.3) is 5.91 Å². The smallest absolute Gasteiger partial charge is 0.255 e. The monoisotopic (exact) mass is 351 g/mol. The van der Waals surface area contributed by atoms with E-state index in [2.05, 4.69) is 21.7 Å². The predicted octanol–water partition coefficient (Wildman–Crippen LogP) is 4.64. The van der Waals surface area contributed by atoms with Crippen molar-refractivity contribution in [2.45, 2.75) is 32.1 Å². The Balaban J connectivity index is 1.48. The third-order valence-corrected chi connectivity index (χ3v) is 4.51. The van der Waals surface area contributed by atoms with Gasteiger partial charge in [-0.3, -0.25) is 4.79 Å². The fraction of sp³-hybridized carbons (Fsp3) is 0.333. The van der Waals surface area contributed by atoms with E-state index in [1.54, 1.807) is 43.1 Å². The summed E-state index contributed by atoms with van der Waals surface area (Å²) in [6, 6.07) is 10.7. The first kappa shape index (κ1) is 18.0. The van der Waals surface area contributed by atoms with Gasteiger partial charge >= 0.3 is 0 Å². The van der Waals surface area contributed by atoms with Gasteiger partial charge < -0.3 is 15.4 Å². The molecule has 0 bridgehead atoms. The van der Waals surface area contributed by atoms with Crippen LogP contribution in [0, 0.1) is 0 Å². The number of hydrogen-bond donors (Lipinski definition) is 2. The molecule has 0 radical (unpaired) electrons. The summed E-state index contributed by atoms with van der Waals surface area (Å²) in [7, 11) is 1.60. The number of rotatable bonds is 7. The highest BCUT2D eigenvalue weighted by Crippen LogP contribution is 2.20.